The maximum absolute atomic E-state index is 13.8. The van der Waals surface area contributed by atoms with Crippen molar-refractivity contribution in [2.24, 2.45) is 10.4 Å². The molecule has 1 heterocycles. The van der Waals surface area contributed by atoms with Gasteiger partial charge in [0.25, 0.3) is 5.91 Å². The number of Topliss-reactive ketones (excluding diaryl/α,β-unsaturated/α-hetero) is 1. The molecule has 11 nitrogen and oxygen atoms in total. The lowest BCUT2D eigenvalue weighted by Gasteiger charge is -2.28. The normalized spacial score (nSPS) is 18.2. The van der Waals surface area contributed by atoms with E-state index in [1.807, 2.05) is 45.0 Å². The number of benzene rings is 3. The number of nitrogens with zero attached hydrogens (tertiary/aromatic N) is 2. The molecule has 4 rings (SSSR count). The van der Waals surface area contributed by atoms with E-state index in [2.05, 4.69) is 54.1 Å². The topological polar surface area (TPSA) is 135 Å². The Morgan fingerprint density at radius 1 is 1.00 bits per heavy atom. The Balaban J connectivity index is 1.51. The molecule has 0 bridgehead atoms. The molecule has 0 spiro atoms. The van der Waals surface area contributed by atoms with Crippen molar-refractivity contribution in [1.82, 2.24) is 9.21 Å². The molecule has 1 saturated heterocycles. The van der Waals surface area contributed by atoms with Crippen LogP contribution in [0.3, 0.4) is 0 Å². The summed E-state index contributed by atoms with van der Waals surface area (Å²) in [4.78, 5) is 32.1. The SMILES string of the molecule is CCC(OCNc1ccc(Cl)c(NC(=O)C(=Nc2ccc([N+]3(CC)CC3NS(C)(=O)=O)cc2C)C(=O)C(C)(C)C)c1)Oc1ccc(C)cc1C(C)(C)CC. The Hall–Kier alpha value is -3.81. The van der Waals surface area contributed by atoms with E-state index in [1.165, 1.54) is 5.56 Å². The highest BCUT2D eigenvalue weighted by atomic mass is 35.5. The molecule has 294 valence electrons. The minimum Gasteiger partial charge on any atom is -0.465 e. The van der Waals surface area contributed by atoms with Crippen molar-refractivity contribution < 1.29 is 27.5 Å². The molecular weight excluding hydrogens is 726 g/mol. The van der Waals surface area contributed by atoms with Crippen molar-refractivity contribution in [2.75, 3.05) is 36.7 Å². The van der Waals surface area contributed by atoms with Gasteiger partial charge in [-0.1, -0.05) is 77.8 Å². The fourth-order valence-corrected chi connectivity index (χ4v) is 7.10. The quantitative estimate of drug-likeness (QED) is 0.0412. The van der Waals surface area contributed by atoms with Crippen LogP contribution in [0.4, 0.5) is 22.7 Å². The van der Waals surface area contributed by atoms with Gasteiger partial charge in [-0.2, -0.15) is 4.72 Å². The number of likely N-dealkylation sites (N-methyl/N-ethyl adjacent to an activating group) is 1. The maximum atomic E-state index is 13.8. The van der Waals surface area contributed by atoms with E-state index in [1.54, 1.807) is 45.0 Å². The van der Waals surface area contributed by atoms with E-state index >= 15 is 0 Å². The molecule has 1 amide bonds. The summed E-state index contributed by atoms with van der Waals surface area (Å²) in [5.74, 6) is -0.337. The van der Waals surface area contributed by atoms with Gasteiger partial charge in [0.05, 0.1) is 29.2 Å². The number of anilines is 2. The number of hydrogen-bond acceptors (Lipinski definition) is 8. The minimum absolute atomic E-state index is 0.0635. The van der Waals surface area contributed by atoms with Gasteiger partial charge in [0.2, 0.25) is 22.5 Å². The molecule has 0 aliphatic carbocycles. The molecule has 54 heavy (non-hydrogen) atoms. The van der Waals surface area contributed by atoms with Gasteiger partial charge >= 0.3 is 0 Å². The number of sulfonamides is 1. The zero-order valence-electron chi connectivity index (χ0n) is 33.5. The van der Waals surface area contributed by atoms with Crippen molar-refractivity contribution in [3.8, 4) is 5.75 Å². The number of ketones is 1. The lowest BCUT2D eigenvalue weighted by atomic mass is 9.81. The number of quaternary nitrogens is 1. The fraction of sp³-hybridized carbons (Fsp3) is 0.488. The molecule has 13 heteroatoms. The first-order valence-corrected chi connectivity index (χ1v) is 20.7. The third-order valence-electron chi connectivity index (χ3n) is 10.0. The number of ether oxygens (including phenoxy) is 2. The highest BCUT2D eigenvalue weighted by Crippen LogP contribution is 2.40. The van der Waals surface area contributed by atoms with E-state index in [0.29, 0.717) is 41.1 Å². The van der Waals surface area contributed by atoms with E-state index in [4.69, 9.17) is 21.1 Å². The summed E-state index contributed by atoms with van der Waals surface area (Å²) in [6.07, 6.45) is 1.98. The highest BCUT2D eigenvalue weighted by molar-refractivity contribution is 7.88. The van der Waals surface area contributed by atoms with Crippen LogP contribution in [0.25, 0.3) is 0 Å². The number of nitrogens with one attached hydrogen (secondary N) is 3. The van der Waals surface area contributed by atoms with Crippen molar-refractivity contribution in [3.63, 3.8) is 0 Å². The summed E-state index contributed by atoms with van der Waals surface area (Å²) >= 11 is 6.54. The molecule has 3 N–H and O–H groups in total. The number of carbonyl (C=O) groups is 2. The third kappa shape index (κ3) is 10.5. The van der Waals surface area contributed by atoms with Crippen LogP contribution in [0.2, 0.25) is 5.02 Å². The number of halogens is 1. The first-order valence-electron chi connectivity index (χ1n) is 18.5. The second kappa shape index (κ2) is 16.9. The van der Waals surface area contributed by atoms with Crippen LogP contribution in [-0.2, 0) is 29.8 Å². The number of hydrogen-bond donors (Lipinski definition) is 3. The number of amides is 1. The van der Waals surface area contributed by atoms with Crippen LogP contribution in [0.5, 0.6) is 5.75 Å². The average Bonchev–Trinajstić information content (AvgIpc) is 3.80. The molecule has 0 saturated carbocycles. The molecular formula is C41H57ClN5O6S+. The smallest absolute Gasteiger partial charge is 0.278 e. The minimum atomic E-state index is -3.37. The lowest BCUT2D eigenvalue weighted by molar-refractivity contribution is -0.121. The van der Waals surface area contributed by atoms with Gasteiger partial charge in [0.1, 0.15) is 18.2 Å². The van der Waals surface area contributed by atoms with Gasteiger partial charge in [-0.15, -0.1) is 0 Å². The summed E-state index contributed by atoms with van der Waals surface area (Å²) < 4.78 is 39.4. The summed E-state index contributed by atoms with van der Waals surface area (Å²) in [5, 5.41) is 6.30. The standard InChI is InChI=1S/C41H56ClN5O6S/c1-12-36(53-34-20-15-26(4)21-30(34)41(9,10)13-2)52-25-43-28-16-18-31(42)33(23-28)45-39(49)37(38(48)40(6,7)8)44-32-19-17-29(22-27(32)5)47(14-3)24-35(47)46-54(11,50)51/h15-23,35-36,43,46H,12-14,24-25H2,1-11H3/p+1. The largest absolute Gasteiger partial charge is 0.465 e. The van der Waals surface area contributed by atoms with Gasteiger partial charge in [-0.25, -0.2) is 13.4 Å². The van der Waals surface area contributed by atoms with E-state index < -0.39 is 33.4 Å². The molecule has 3 aromatic carbocycles. The fourth-order valence-electron chi connectivity index (χ4n) is 6.16. The lowest BCUT2D eigenvalue weighted by Crippen LogP contribution is -2.38. The van der Waals surface area contributed by atoms with Gasteiger partial charge in [-0.05, 0) is 68.5 Å². The maximum Gasteiger partial charge on any atom is 0.278 e. The van der Waals surface area contributed by atoms with Crippen molar-refractivity contribution in [1.29, 1.82) is 0 Å². The van der Waals surface area contributed by atoms with Gasteiger partial charge < -0.3 is 20.1 Å². The average molecular weight is 783 g/mol. The van der Waals surface area contributed by atoms with Crippen molar-refractivity contribution in [2.45, 2.75) is 99.9 Å². The van der Waals surface area contributed by atoms with Crippen LogP contribution in [-0.4, -0.2) is 64.4 Å². The Kier molecular flexibility index (Phi) is 13.4. The van der Waals surface area contributed by atoms with Crippen LogP contribution in [0.15, 0.2) is 59.6 Å². The number of carbonyl (C=O) groups excluding carboxylic acids is 2. The van der Waals surface area contributed by atoms with Gasteiger partial charge in [0.15, 0.2) is 18.0 Å². The van der Waals surface area contributed by atoms with Gasteiger partial charge in [-0.3, -0.25) is 14.1 Å². The second-order valence-electron chi connectivity index (χ2n) is 15.8. The van der Waals surface area contributed by atoms with Crippen molar-refractivity contribution >= 4 is 61.8 Å². The number of aliphatic imine (C=N–C) groups is 1. The van der Waals surface area contributed by atoms with Crippen LogP contribution in [0, 0.1) is 19.3 Å². The second-order valence-corrected chi connectivity index (χ2v) is 18.0. The van der Waals surface area contributed by atoms with E-state index in [9.17, 15) is 18.0 Å². The summed E-state index contributed by atoms with van der Waals surface area (Å²) in [6, 6.07) is 16.8. The first-order chi connectivity index (χ1) is 25.1. The Bertz CT molecular complexity index is 2010. The Labute approximate surface area is 326 Å². The number of rotatable bonds is 17. The molecule has 0 aromatic heterocycles. The molecule has 3 aromatic rings. The summed E-state index contributed by atoms with van der Waals surface area (Å²) in [6.45, 7) is 21.1. The third-order valence-corrected chi connectivity index (χ3v) is 11.0. The highest BCUT2D eigenvalue weighted by Gasteiger charge is 2.57. The zero-order chi connectivity index (χ0) is 40.2. The van der Waals surface area contributed by atoms with Gasteiger partial charge in [0, 0.05) is 35.2 Å². The predicted octanol–water partition coefficient (Wildman–Crippen LogP) is 8.39. The molecule has 3 unspecified atom stereocenters. The monoisotopic (exact) mass is 782 g/mol. The Morgan fingerprint density at radius 2 is 1.70 bits per heavy atom. The molecule has 3 atom stereocenters. The zero-order valence-corrected chi connectivity index (χ0v) is 35.1. The summed E-state index contributed by atoms with van der Waals surface area (Å²) in [5.41, 5.74) is 4.11. The molecule has 0 radical (unpaired) electrons. The number of aryl methyl sites for hydroxylation is 2. The molecule has 1 aliphatic rings. The first kappa shape index (κ1) is 42.9. The van der Waals surface area contributed by atoms with E-state index in [0.717, 1.165) is 35.2 Å². The summed E-state index contributed by atoms with van der Waals surface area (Å²) in [7, 11) is -3.37. The van der Waals surface area contributed by atoms with Crippen molar-refractivity contribution in [3.05, 3.63) is 76.3 Å². The molecule has 1 aliphatic heterocycles. The van der Waals surface area contributed by atoms with Crippen LogP contribution < -0.4 is 24.6 Å². The predicted molar refractivity (Wildman–Crippen MR) is 221 cm³/mol. The Morgan fingerprint density at radius 3 is 2.30 bits per heavy atom. The van der Waals surface area contributed by atoms with E-state index in [-0.39, 0.29) is 29.0 Å². The van der Waals surface area contributed by atoms with Crippen LogP contribution in [0.1, 0.15) is 84.9 Å². The molecule has 1 fully saturated rings. The van der Waals surface area contributed by atoms with Crippen LogP contribution >= 0.6 is 11.6 Å².